The molecule has 2 aromatic rings. The van der Waals surface area contributed by atoms with Gasteiger partial charge in [0.05, 0.1) is 17.7 Å². The molecule has 1 aromatic heterocycles. The van der Waals surface area contributed by atoms with Gasteiger partial charge in [-0.05, 0) is 48.9 Å². The molecule has 3 aliphatic heterocycles. The Bertz CT molecular complexity index is 950. The third kappa shape index (κ3) is 4.20. The molecule has 0 saturated carbocycles. The summed E-state index contributed by atoms with van der Waals surface area (Å²) in [6.45, 7) is 2.68. The number of carbonyl (C=O) groups is 2. The van der Waals surface area contributed by atoms with Crippen LogP contribution < -0.4 is 10.9 Å². The number of rotatable bonds is 3. The Morgan fingerprint density at radius 2 is 1.77 bits per heavy atom. The molecule has 2 N–H and O–H groups in total. The molecule has 2 amide bonds. The van der Waals surface area contributed by atoms with Crippen LogP contribution in [0.15, 0.2) is 48.7 Å². The summed E-state index contributed by atoms with van der Waals surface area (Å²) in [7, 11) is 0. The van der Waals surface area contributed by atoms with Crippen LogP contribution in [0.4, 0.5) is 0 Å². The highest BCUT2D eigenvalue weighted by atomic mass is 16.2. The van der Waals surface area contributed by atoms with Crippen LogP contribution in [0.1, 0.15) is 42.1 Å². The summed E-state index contributed by atoms with van der Waals surface area (Å²) in [5, 5.41) is 0. The average molecular weight is 420 g/mol. The SMILES string of the molecule is O=C(C1CCCN(C(=O)C2CC(c3ccccn3)NN2)C1)N1CCc2ccccc2C1. The van der Waals surface area contributed by atoms with Crippen molar-refractivity contribution >= 4 is 11.8 Å². The third-order valence-corrected chi connectivity index (χ3v) is 6.77. The van der Waals surface area contributed by atoms with Gasteiger partial charge in [-0.25, -0.2) is 10.9 Å². The summed E-state index contributed by atoms with van der Waals surface area (Å²) in [5.41, 5.74) is 9.86. The van der Waals surface area contributed by atoms with E-state index in [1.807, 2.05) is 34.1 Å². The predicted molar refractivity (Wildman–Crippen MR) is 117 cm³/mol. The molecular weight excluding hydrogens is 390 g/mol. The first-order valence-electron chi connectivity index (χ1n) is 11.3. The van der Waals surface area contributed by atoms with Gasteiger partial charge in [-0.2, -0.15) is 0 Å². The van der Waals surface area contributed by atoms with E-state index in [1.165, 1.54) is 11.1 Å². The molecule has 5 rings (SSSR count). The third-order valence-electron chi connectivity index (χ3n) is 6.77. The van der Waals surface area contributed by atoms with Crippen molar-refractivity contribution in [3.63, 3.8) is 0 Å². The van der Waals surface area contributed by atoms with Crippen molar-refractivity contribution in [3.05, 3.63) is 65.5 Å². The largest absolute Gasteiger partial charge is 0.341 e. The molecule has 7 heteroatoms. The maximum atomic E-state index is 13.2. The van der Waals surface area contributed by atoms with Crippen LogP contribution in [-0.4, -0.2) is 52.3 Å². The minimum Gasteiger partial charge on any atom is -0.341 e. The zero-order chi connectivity index (χ0) is 21.2. The van der Waals surface area contributed by atoms with Crippen LogP contribution in [0.5, 0.6) is 0 Å². The highest BCUT2D eigenvalue weighted by molar-refractivity contribution is 5.84. The summed E-state index contributed by atoms with van der Waals surface area (Å²) < 4.78 is 0. The van der Waals surface area contributed by atoms with Crippen molar-refractivity contribution in [2.24, 2.45) is 5.92 Å². The second kappa shape index (κ2) is 8.77. The molecule has 3 unspecified atom stereocenters. The number of amides is 2. The van der Waals surface area contributed by atoms with Gasteiger partial charge in [0.25, 0.3) is 0 Å². The number of carbonyl (C=O) groups excluding carboxylic acids is 2. The van der Waals surface area contributed by atoms with Crippen LogP contribution in [-0.2, 0) is 22.6 Å². The highest BCUT2D eigenvalue weighted by Crippen LogP contribution is 2.26. The lowest BCUT2D eigenvalue weighted by Crippen LogP contribution is -2.52. The Labute approximate surface area is 182 Å². The summed E-state index contributed by atoms with van der Waals surface area (Å²) in [4.78, 5) is 34.7. The summed E-state index contributed by atoms with van der Waals surface area (Å²) in [5.74, 6) is 0.159. The average Bonchev–Trinajstić information content (AvgIpc) is 3.34. The quantitative estimate of drug-likeness (QED) is 0.794. The fourth-order valence-electron chi connectivity index (χ4n) is 5.04. The van der Waals surface area contributed by atoms with Crippen molar-refractivity contribution in [2.45, 2.75) is 44.3 Å². The number of aromatic nitrogens is 1. The van der Waals surface area contributed by atoms with Gasteiger partial charge in [0.2, 0.25) is 11.8 Å². The zero-order valence-corrected chi connectivity index (χ0v) is 17.7. The van der Waals surface area contributed by atoms with Crippen molar-refractivity contribution in [1.29, 1.82) is 0 Å². The number of likely N-dealkylation sites (tertiary alicyclic amines) is 1. The summed E-state index contributed by atoms with van der Waals surface area (Å²) in [6, 6.07) is 13.9. The lowest BCUT2D eigenvalue weighted by atomic mass is 9.93. The topological polar surface area (TPSA) is 77.6 Å². The van der Waals surface area contributed by atoms with Crippen molar-refractivity contribution in [3.8, 4) is 0 Å². The second-order valence-corrected chi connectivity index (χ2v) is 8.79. The Hall–Kier alpha value is -2.77. The van der Waals surface area contributed by atoms with E-state index >= 15 is 0 Å². The van der Waals surface area contributed by atoms with Gasteiger partial charge in [0, 0.05) is 32.4 Å². The van der Waals surface area contributed by atoms with Gasteiger partial charge in [-0.3, -0.25) is 14.6 Å². The Kier molecular flexibility index (Phi) is 5.70. The summed E-state index contributed by atoms with van der Waals surface area (Å²) >= 11 is 0. The first kappa shape index (κ1) is 20.2. The molecule has 2 fully saturated rings. The van der Waals surface area contributed by atoms with E-state index in [9.17, 15) is 9.59 Å². The highest BCUT2D eigenvalue weighted by Gasteiger charge is 2.37. The van der Waals surface area contributed by atoms with Gasteiger partial charge < -0.3 is 9.80 Å². The minimum absolute atomic E-state index is 0.0192. The number of fused-ring (bicyclic) bond motifs is 1. The van der Waals surface area contributed by atoms with Gasteiger partial charge in [0.1, 0.15) is 6.04 Å². The van der Waals surface area contributed by atoms with Gasteiger partial charge >= 0.3 is 0 Å². The molecule has 0 spiro atoms. The predicted octanol–water partition coefficient (Wildman–Crippen LogP) is 1.81. The van der Waals surface area contributed by atoms with E-state index in [-0.39, 0.29) is 29.8 Å². The van der Waals surface area contributed by atoms with Crippen LogP contribution >= 0.6 is 0 Å². The Morgan fingerprint density at radius 3 is 2.61 bits per heavy atom. The van der Waals surface area contributed by atoms with E-state index in [4.69, 9.17) is 0 Å². The number of benzene rings is 1. The van der Waals surface area contributed by atoms with Gasteiger partial charge in [-0.1, -0.05) is 30.3 Å². The monoisotopic (exact) mass is 419 g/mol. The van der Waals surface area contributed by atoms with E-state index in [2.05, 4.69) is 34.0 Å². The molecule has 4 heterocycles. The van der Waals surface area contributed by atoms with E-state index in [0.717, 1.165) is 38.0 Å². The summed E-state index contributed by atoms with van der Waals surface area (Å²) in [6.07, 6.45) is 5.06. The van der Waals surface area contributed by atoms with Crippen LogP contribution in [0.25, 0.3) is 0 Å². The van der Waals surface area contributed by atoms with E-state index < -0.39 is 0 Å². The molecule has 2 saturated heterocycles. The fraction of sp³-hybridized carbons (Fsp3) is 0.458. The van der Waals surface area contributed by atoms with Crippen LogP contribution in [0.2, 0.25) is 0 Å². The maximum absolute atomic E-state index is 13.2. The van der Waals surface area contributed by atoms with Crippen molar-refractivity contribution in [2.75, 3.05) is 19.6 Å². The molecule has 3 aliphatic rings. The molecular formula is C24H29N5O2. The molecule has 7 nitrogen and oxygen atoms in total. The van der Waals surface area contributed by atoms with Crippen molar-refractivity contribution in [1.82, 2.24) is 25.6 Å². The van der Waals surface area contributed by atoms with Crippen LogP contribution in [0.3, 0.4) is 0 Å². The molecule has 31 heavy (non-hydrogen) atoms. The van der Waals surface area contributed by atoms with E-state index in [1.54, 1.807) is 6.20 Å². The zero-order valence-electron chi connectivity index (χ0n) is 17.7. The number of nitrogens with zero attached hydrogens (tertiary/aromatic N) is 3. The minimum atomic E-state index is -0.289. The van der Waals surface area contributed by atoms with Crippen molar-refractivity contribution < 1.29 is 9.59 Å². The number of nitrogens with one attached hydrogen (secondary N) is 2. The lowest BCUT2D eigenvalue weighted by Gasteiger charge is -2.37. The molecule has 1 aromatic carbocycles. The Balaban J connectivity index is 1.20. The van der Waals surface area contributed by atoms with Gasteiger partial charge in [0.15, 0.2) is 0 Å². The number of piperidine rings is 1. The lowest BCUT2D eigenvalue weighted by molar-refractivity contribution is -0.142. The number of hydrogen-bond acceptors (Lipinski definition) is 5. The first-order valence-corrected chi connectivity index (χ1v) is 11.3. The molecule has 0 aliphatic carbocycles. The second-order valence-electron chi connectivity index (χ2n) is 8.79. The number of hydrogen-bond donors (Lipinski definition) is 2. The maximum Gasteiger partial charge on any atom is 0.241 e. The van der Waals surface area contributed by atoms with E-state index in [0.29, 0.717) is 19.5 Å². The number of hydrazine groups is 1. The van der Waals surface area contributed by atoms with Gasteiger partial charge in [-0.15, -0.1) is 0 Å². The van der Waals surface area contributed by atoms with Crippen LogP contribution in [0, 0.1) is 5.92 Å². The molecule has 0 radical (unpaired) electrons. The normalized spacial score (nSPS) is 25.9. The number of pyridine rings is 1. The smallest absolute Gasteiger partial charge is 0.241 e. The molecule has 3 atom stereocenters. The Morgan fingerprint density at radius 1 is 0.935 bits per heavy atom. The molecule has 162 valence electrons. The standard InChI is InChI=1S/C24H29N5O2/c30-23(29-13-10-17-6-1-2-7-18(17)15-29)19-8-5-12-28(16-19)24(31)22-14-21(26-27-22)20-9-3-4-11-25-20/h1-4,6-7,9,11,19,21-22,26-27H,5,8,10,12-16H2. The fourth-order valence-corrected chi connectivity index (χ4v) is 5.04. The molecule has 0 bridgehead atoms. The first-order chi connectivity index (χ1) is 15.2.